The quantitative estimate of drug-likeness (QED) is 0.634. The van der Waals surface area contributed by atoms with Gasteiger partial charge in [-0.1, -0.05) is 12.1 Å². The Hall–Kier alpha value is -2.63. The van der Waals surface area contributed by atoms with Gasteiger partial charge in [0.2, 0.25) is 0 Å². The van der Waals surface area contributed by atoms with Crippen molar-refractivity contribution >= 4 is 15.9 Å². The molecular formula is C25H28F3N5O3S. The van der Waals surface area contributed by atoms with Gasteiger partial charge in [-0.2, -0.15) is 13.2 Å². The fourth-order valence-electron chi connectivity index (χ4n) is 6.98. The van der Waals surface area contributed by atoms with E-state index in [1.54, 1.807) is 0 Å². The van der Waals surface area contributed by atoms with Crippen molar-refractivity contribution in [3.05, 3.63) is 41.5 Å². The number of amides is 2. The number of hydrogen-bond acceptors (Lipinski definition) is 5. The molecule has 2 aliphatic heterocycles. The molecule has 1 aromatic heterocycles. The zero-order valence-corrected chi connectivity index (χ0v) is 21.0. The van der Waals surface area contributed by atoms with Gasteiger partial charge in [0.15, 0.2) is 0 Å². The number of halogens is 3. The van der Waals surface area contributed by atoms with Crippen molar-refractivity contribution < 1.29 is 26.4 Å². The van der Waals surface area contributed by atoms with Gasteiger partial charge in [-0.05, 0) is 62.1 Å². The number of aromatic amines is 1. The number of urea groups is 1. The van der Waals surface area contributed by atoms with Crippen molar-refractivity contribution in [3.63, 3.8) is 0 Å². The van der Waals surface area contributed by atoms with E-state index >= 15 is 0 Å². The Morgan fingerprint density at radius 3 is 1.81 bits per heavy atom. The first-order chi connectivity index (χ1) is 17.5. The molecule has 2 amide bonds. The Morgan fingerprint density at radius 1 is 0.838 bits per heavy atom. The van der Waals surface area contributed by atoms with E-state index in [9.17, 15) is 26.4 Å². The molecule has 0 unspecified atom stereocenters. The van der Waals surface area contributed by atoms with Crippen LogP contribution in [0.4, 0.5) is 18.0 Å². The number of carbonyl (C=O) groups excluding carboxylic acids is 1. The Bertz CT molecular complexity index is 1340. The molecule has 3 saturated carbocycles. The van der Waals surface area contributed by atoms with Crippen LogP contribution in [0.1, 0.15) is 73.5 Å². The number of nitrogens with zero attached hydrogens (tertiary/aromatic N) is 4. The third-order valence-corrected chi connectivity index (χ3v) is 10.7. The third-order valence-electron chi connectivity index (χ3n) is 9.20. The Labute approximate surface area is 212 Å². The Morgan fingerprint density at radius 2 is 1.32 bits per heavy atom. The maximum absolute atomic E-state index is 12.9. The average molecular weight is 536 g/mol. The summed E-state index contributed by atoms with van der Waals surface area (Å²) >= 11 is 0. The molecule has 2 aromatic rings. The number of aromatic nitrogens is 3. The van der Waals surface area contributed by atoms with Crippen molar-refractivity contribution in [3.8, 4) is 0 Å². The highest BCUT2D eigenvalue weighted by Gasteiger charge is 2.59. The lowest BCUT2D eigenvalue weighted by molar-refractivity contribution is -0.0899. The van der Waals surface area contributed by atoms with Crippen LogP contribution in [0.15, 0.2) is 29.2 Å². The van der Waals surface area contributed by atoms with Crippen LogP contribution in [-0.2, 0) is 9.84 Å². The fraction of sp³-hybridized carbons (Fsp3) is 0.640. The molecule has 37 heavy (non-hydrogen) atoms. The van der Waals surface area contributed by atoms with Crippen LogP contribution in [0.25, 0.3) is 0 Å². The van der Waals surface area contributed by atoms with E-state index in [0.717, 1.165) is 68.1 Å². The topological polar surface area (TPSA) is 99.3 Å². The lowest BCUT2D eigenvalue weighted by Crippen LogP contribution is -2.70. The highest BCUT2D eigenvalue weighted by atomic mass is 32.2. The standard InChI is InChI=1S/C25H28F3N5O3S/c26-25(27,28)37(35,36)19-5-3-15(4-6-19)17-7-23(8-17)11-32(12-23)22(34)33-13-24(14-33)9-18(10-24)21-29-20(30-31-21)16-1-2-16/h3-6,16-18H,1-2,7-14H2,(H,29,30,31). The largest absolute Gasteiger partial charge is 0.501 e. The number of benzene rings is 1. The minimum atomic E-state index is -5.33. The third kappa shape index (κ3) is 3.69. The normalized spacial score (nSPS) is 24.9. The second-order valence-electron chi connectivity index (χ2n) is 12.1. The van der Waals surface area contributed by atoms with Gasteiger partial charge in [0.25, 0.3) is 9.84 Å². The molecule has 2 saturated heterocycles. The highest BCUT2D eigenvalue weighted by molar-refractivity contribution is 7.92. The van der Waals surface area contributed by atoms with Gasteiger partial charge in [-0.25, -0.2) is 13.2 Å². The predicted octanol–water partition coefficient (Wildman–Crippen LogP) is 4.15. The molecule has 3 heterocycles. The first-order valence-corrected chi connectivity index (χ1v) is 14.3. The second-order valence-corrected chi connectivity index (χ2v) is 14.0. The van der Waals surface area contributed by atoms with E-state index < -0.39 is 20.2 Å². The molecule has 5 aliphatic rings. The van der Waals surface area contributed by atoms with Gasteiger partial charge < -0.3 is 14.8 Å². The van der Waals surface area contributed by atoms with Crippen molar-refractivity contribution in [2.45, 2.75) is 66.7 Å². The number of carbonyl (C=O) groups is 1. The summed E-state index contributed by atoms with van der Waals surface area (Å²) in [7, 11) is -5.33. The van der Waals surface area contributed by atoms with Gasteiger partial charge in [0.1, 0.15) is 11.6 Å². The summed E-state index contributed by atoms with van der Waals surface area (Å²) in [6.07, 6.45) is 6.20. The fourth-order valence-corrected chi connectivity index (χ4v) is 7.74. The van der Waals surface area contributed by atoms with Crippen LogP contribution in [-0.4, -0.2) is 71.1 Å². The Kier molecular flexibility index (Phi) is 4.75. The molecule has 5 fully saturated rings. The maximum atomic E-state index is 12.9. The highest BCUT2D eigenvalue weighted by Crippen LogP contribution is 2.58. The zero-order valence-electron chi connectivity index (χ0n) is 20.2. The zero-order chi connectivity index (χ0) is 25.8. The summed E-state index contributed by atoms with van der Waals surface area (Å²) in [6, 6.07) is 5.14. The van der Waals surface area contributed by atoms with Gasteiger partial charge in [-0.3, -0.25) is 0 Å². The minimum Gasteiger partial charge on any atom is -0.328 e. The Balaban J connectivity index is 0.869. The molecular weight excluding hydrogens is 507 g/mol. The number of sulfone groups is 1. The van der Waals surface area contributed by atoms with Gasteiger partial charge in [-0.15, -0.1) is 10.2 Å². The molecule has 8 nitrogen and oxygen atoms in total. The monoisotopic (exact) mass is 535 g/mol. The van der Waals surface area contributed by atoms with E-state index in [1.165, 1.54) is 25.0 Å². The van der Waals surface area contributed by atoms with Crippen LogP contribution in [0.5, 0.6) is 0 Å². The molecule has 0 atom stereocenters. The number of likely N-dealkylation sites (tertiary alicyclic amines) is 2. The molecule has 0 bridgehead atoms. The van der Waals surface area contributed by atoms with Crippen LogP contribution < -0.4 is 0 Å². The number of H-pyrrole nitrogens is 1. The molecule has 2 spiro atoms. The number of alkyl halides is 3. The molecule has 0 radical (unpaired) electrons. The number of hydrogen-bond donors (Lipinski definition) is 1. The summed E-state index contributed by atoms with van der Waals surface area (Å²) in [4.78, 5) is 19.5. The van der Waals surface area contributed by atoms with E-state index in [4.69, 9.17) is 0 Å². The summed E-state index contributed by atoms with van der Waals surface area (Å²) in [5.41, 5.74) is -4.16. The summed E-state index contributed by atoms with van der Waals surface area (Å²) < 4.78 is 61.4. The molecule has 1 aromatic carbocycles. The molecule has 3 aliphatic carbocycles. The number of rotatable bonds is 4. The maximum Gasteiger partial charge on any atom is 0.501 e. The molecule has 7 rings (SSSR count). The summed E-state index contributed by atoms with van der Waals surface area (Å²) in [5.74, 6) is 3.19. The van der Waals surface area contributed by atoms with Crippen molar-refractivity contribution in [2.75, 3.05) is 26.2 Å². The van der Waals surface area contributed by atoms with Crippen molar-refractivity contribution in [1.29, 1.82) is 0 Å². The van der Waals surface area contributed by atoms with Crippen LogP contribution in [0.2, 0.25) is 0 Å². The van der Waals surface area contributed by atoms with Gasteiger partial charge in [0, 0.05) is 48.8 Å². The minimum absolute atomic E-state index is 0.0761. The van der Waals surface area contributed by atoms with E-state index in [1.807, 2.05) is 9.80 Å². The van der Waals surface area contributed by atoms with Crippen molar-refractivity contribution in [1.82, 2.24) is 25.0 Å². The summed E-state index contributed by atoms with van der Waals surface area (Å²) in [5, 5.41) is 8.64. The predicted molar refractivity (Wildman–Crippen MR) is 125 cm³/mol. The van der Waals surface area contributed by atoms with Crippen LogP contribution in [0.3, 0.4) is 0 Å². The molecule has 198 valence electrons. The lowest BCUT2D eigenvalue weighted by Gasteiger charge is -2.63. The van der Waals surface area contributed by atoms with E-state index in [-0.39, 0.29) is 22.8 Å². The molecule has 1 N–H and O–H groups in total. The summed E-state index contributed by atoms with van der Waals surface area (Å²) in [6.45, 7) is 3.00. The second kappa shape index (κ2) is 7.48. The van der Waals surface area contributed by atoms with E-state index in [2.05, 4.69) is 15.2 Å². The molecule has 12 heteroatoms. The van der Waals surface area contributed by atoms with Crippen LogP contribution in [0, 0.1) is 10.8 Å². The van der Waals surface area contributed by atoms with E-state index in [0.29, 0.717) is 24.9 Å². The van der Waals surface area contributed by atoms with Gasteiger partial charge >= 0.3 is 11.5 Å². The number of nitrogens with one attached hydrogen (secondary N) is 1. The first kappa shape index (κ1) is 23.5. The SMILES string of the molecule is O=C(N1CC2(CC(c3ccc(S(=O)(=O)C(F)(F)F)cc3)C2)C1)N1CC2(CC(c3nnc(C4CC4)[nH]3)C2)C1. The van der Waals surface area contributed by atoms with Crippen molar-refractivity contribution in [2.24, 2.45) is 10.8 Å². The average Bonchev–Trinajstić information content (AvgIpc) is 3.47. The van der Waals surface area contributed by atoms with Gasteiger partial charge in [0.05, 0.1) is 4.90 Å². The smallest absolute Gasteiger partial charge is 0.328 e. The lowest BCUT2D eigenvalue weighted by atomic mass is 9.56. The van der Waals surface area contributed by atoms with Crippen LogP contribution >= 0.6 is 0 Å². The first-order valence-electron chi connectivity index (χ1n) is 12.8.